The van der Waals surface area contributed by atoms with Crippen molar-refractivity contribution in [2.45, 2.75) is 26.9 Å². The van der Waals surface area contributed by atoms with E-state index in [0.29, 0.717) is 22.3 Å². The van der Waals surface area contributed by atoms with Crippen molar-refractivity contribution in [1.29, 1.82) is 0 Å². The Labute approximate surface area is 268 Å². The number of hydrogen-bond acceptors (Lipinski definition) is 10. The molecule has 0 radical (unpaired) electrons. The van der Waals surface area contributed by atoms with Gasteiger partial charge in [0.2, 0.25) is 23.3 Å². The van der Waals surface area contributed by atoms with Crippen molar-refractivity contribution >= 4 is 35.0 Å². The Balaban J connectivity index is 0.000000188. The second kappa shape index (κ2) is 13.7. The van der Waals surface area contributed by atoms with E-state index in [1.807, 2.05) is 0 Å². The fraction of sp³-hybridized carbons (Fsp3) is 0.133. The molecule has 0 saturated heterocycles. The SMILES string of the molecule is Cc1cc(CNC(=O)c2nc(C(=O)O)n3nccc3n2)ccc1F.Cc1cc(CNC(=O)c2nc(C(=O)O)nc3ccnn23)ccc1F. The van der Waals surface area contributed by atoms with Gasteiger partial charge < -0.3 is 20.8 Å². The second-order valence-electron chi connectivity index (χ2n) is 10.1. The first kappa shape index (κ1) is 32.7. The highest BCUT2D eigenvalue weighted by molar-refractivity contribution is 5.93. The summed E-state index contributed by atoms with van der Waals surface area (Å²) in [4.78, 5) is 62.0. The quantitative estimate of drug-likeness (QED) is 0.185. The molecule has 0 aliphatic heterocycles. The normalized spacial score (nSPS) is 10.8. The number of aryl methyl sites for hydroxylation is 2. The fourth-order valence-electron chi connectivity index (χ4n) is 4.29. The van der Waals surface area contributed by atoms with Gasteiger partial charge in [-0.25, -0.2) is 28.3 Å². The maximum absolute atomic E-state index is 13.3. The van der Waals surface area contributed by atoms with Gasteiger partial charge in [-0.15, -0.1) is 0 Å². The molecule has 48 heavy (non-hydrogen) atoms. The third-order valence-electron chi connectivity index (χ3n) is 6.65. The minimum absolute atomic E-state index is 0.134. The smallest absolute Gasteiger partial charge is 0.374 e. The molecule has 0 bridgehead atoms. The Hall–Kier alpha value is -6.72. The van der Waals surface area contributed by atoms with E-state index in [2.05, 4.69) is 40.8 Å². The van der Waals surface area contributed by atoms with Crippen LogP contribution in [-0.2, 0) is 13.1 Å². The van der Waals surface area contributed by atoms with Crippen LogP contribution in [-0.4, -0.2) is 73.1 Å². The van der Waals surface area contributed by atoms with E-state index in [4.69, 9.17) is 10.2 Å². The van der Waals surface area contributed by atoms with Gasteiger partial charge in [-0.05, 0) is 48.2 Å². The van der Waals surface area contributed by atoms with Gasteiger partial charge in [0.1, 0.15) is 11.6 Å². The van der Waals surface area contributed by atoms with E-state index in [9.17, 15) is 28.0 Å². The average molecular weight is 659 g/mol. The van der Waals surface area contributed by atoms with E-state index in [1.54, 1.807) is 38.1 Å². The number of rotatable bonds is 8. The average Bonchev–Trinajstić information content (AvgIpc) is 3.74. The van der Waals surface area contributed by atoms with Crippen molar-refractivity contribution < 1.29 is 38.2 Å². The number of halogens is 2. The summed E-state index contributed by atoms with van der Waals surface area (Å²) in [5, 5.41) is 31.1. The lowest BCUT2D eigenvalue weighted by atomic mass is 10.1. The van der Waals surface area contributed by atoms with Crippen LogP contribution in [0.25, 0.3) is 11.3 Å². The van der Waals surface area contributed by atoms with Gasteiger partial charge in [-0.3, -0.25) is 9.59 Å². The van der Waals surface area contributed by atoms with Crippen LogP contribution in [0.4, 0.5) is 8.78 Å². The van der Waals surface area contributed by atoms with Crippen LogP contribution in [0.1, 0.15) is 64.7 Å². The molecular weight excluding hydrogens is 634 g/mol. The molecule has 2 aromatic carbocycles. The lowest BCUT2D eigenvalue weighted by Crippen LogP contribution is -2.28. The molecule has 0 atom stereocenters. The molecule has 4 heterocycles. The number of nitrogens with zero attached hydrogens (tertiary/aromatic N) is 8. The van der Waals surface area contributed by atoms with Gasteiger partial charge in [0.05, 0.1) is 12.4 Å². The van der Waals surface area contributed by atoms with Crippen molar-refractivity contribution in [2.75, 3.05) is 0 Å². The summed E-state index contributed by atoms with van der Waals surface area (Å²) in [6, 6.07) is 11.9. The number of carboxylic acid groups (broad SMARTS) is 2. The topological polar surface area (TPSA) is 219 Å². The molecule has 0 saturated carbocycles. The summed E-state index contributed by atoms with van der Waals surface area (Å²) >= 11 is 0. The Morgan fingerprint density at radius 2 is 1.12 bits per heavy atom. The number of benzene rings is 2. The van der Waals surface area contributed by atoms with Crippen LogP contribution in [0.3, 0.4) is 0 Å². The maximum atomic E-state index is 13.3. The maximum Gasteiger partial charge on any atom is 0.374 e. The first-order valence-corrected chi connectivity index (χ1v) is 13.9. The Kier molecular flexibility index (Phi) is 9.34. The van der Waals surface area contributed by atoms with E-state index in [0.717, 1.165) is 9.03 Å². The lowest BCUT2D eigenvalue weighted by Gasteiger charge is -2.08. The predicted octanol–water partition coefficient (Wildman–Crippen LogP) is 2.40. The Morgan fingerprint density at radius 1 is 0.646 bits per heavy atom. The standard InChI is InChI=1S/2C15H12FN5O3/c1-8-6-9(2-3-10(8)16)7-17-14(22)13-20-12(15(23)24)19-11-4-5-18-21(11)13;1-8-6-9(2-3-10(8)16)7-17-14(22)12-19-11-4-5-18-21(11)13(20-12)15(23)24/h2*2-6H,7H2,1H3,(H,17,22)(H,23,24). The van der Waals surface area contributed by atoms with Gasteiger partial charge >= 0.3 is 11.9 Å². The fourth-order valence-corrected chi connectivity index (χ4v) is 4.29. The molecule has 2 amide bonds. The molecule has 244 valence electrons. The van der Waals surface area contributed by atoms with Gasteiger partial charge in [0.15, 0.2) is 11.3 Å². The molecule has 0 aliphatic carbocycles. The third-order valence-corrected chi connectivity index (χ3v) is 6.65. The Morgan fingerprint density at radius 3 is 1.62 bits per heavy atom. The number of hydrogen-bond donors (Lipinski definition) is 4. The van der Waals surface area contributed by atoms with Crippen molar-refractivity contribution in [2.24, 2.45) is 0 Å². The highest BCUT2D eigenvalue weighted by Crippen LogP contribution is 2.11. The summed E-state index contributed by atoms with van der Waals surface area (Å²) in [6.45, 7) is 3.51. The first-order valence-electron chi connectivity index (χ1n) is 13.9. The molecular formula is C30H24F2N10O6. The summed E-state index contributed by atoms with van der Waals surface area (Å²) in [5.41, 5.74) is 2.73. The summed E-state index contributed by atoms with van der Waals surface area (Å²) in [7, 11) is 0. The largest absolute Gasteiger partial charge is 0.475 e. The summed E-state index contributed by atoms with van der Waals surface area (Å²) < 4.78 is 28.7. The molecule has 4 aromatic heterocycles. The van der Waals surface area contributed by atoms with E-state index in [-0.39, 0.29) is 47.7 Å². The zero-order valence-electron chi connectivity index (χ0n) is 25.0. The summed E-state index contributed by atoms with van der Waals surface area (Å²) in [6.07, 6.45) is 2.75. The minimum Gasteiger partial charge on any atom is -0.475 e. The van der Waals surface area contributed by atoms with Crippen LogP contribution in [0.2, 0.25) is 0 Å². The molecule has 6 rings (SSSR count). The minimum atomic E-state index is -1.35. The molecule has 0 fully saturated rings. The number of aromatic nitrogens is 8. The van der Waals surface area contributed by atoms with Gasteiger partial charge in [0, 0.05) is 25.2 Å². The van der Waals surface area contributed by atoms with Crippen LogP contribution < -0.4 is 10.6 Å². The van der Waals surface area contributed by atoms with E-state index >= 15 is 0 Å². The molecule has 0 aliphatic rings. The van der Waals surface area contributed by atoms with Crippen molar-refractivity contribution in [3.8, 4) is 0 Å². The first-order chi connectivity index (χ1) is 22.9. The zero-order valence-corrected chi connectivity index (χ0v) is 25.0. The molecule has 16 nitrogen and oxygen atoms in total. The molecule has 0 spiro atoms. The van der Waals surface area contributed by atoms with Crippen LogP contribution in [0.15, 0.2) is 60.9 Å². The second-order valence-corrected chi connectivity index (χ2v) is 10.1. The number of carboxylic acids is 2. The number of nitrogens with one attached hydrogen (secondary N) is 2. The summed E-state index contributed by atoms with van der Waals surface area (Å²) in [5.74, 6) is -5.95. The highest BCUT2D eigenvalue weighted by Gasteiger charge is 2.20. The van der Waals surface area contributed by atoms with E-state index < -0.39 is 35.4 Å². The number of carbonyl (C=O) groups excluding carboxylic acids is 2. The number of amides is 2. The van der Waals surface area contributed by atoms with Gasteiger partial charge in [-0.1, -0.05) is 24.3 Å². The van der Waals surface area contributed by atoms with Crippen molar-refractivity contribution in [1.82, 2.24) is 49.8 Å². The number of carbonyl (C=O) groups is 4. The lowest BCUT2D eigenvalue weighted by molar-refractivity contribution is 0.0670. The molecule has 6 aromatic rings. The van der Waals surface area contributed by atoms with Crippen LogP contribution >= 0.6 is 0 Å². The monoisotopic (exact) mass is 658 g/mol. The molecule has 0 unspecified atom stereocenters. The van der Waals surface area contributed by atoms with Crippen LogP contribution in [0, 0.1) is 25.5 Å². The van der Waals surface area contributed by atoms with E-state index in [1.165, 1.54) is 36.7 Å². The predicted molar refractivity (Wildman–Crippen MR) is 160 cm³/mol. The van der Waals surface area contributed by atoms with Crippen LogP contribution in [0.5, 0.6) is 0 Å². The van der Waals surface area contributed by atoms with Gasteiger partial charge in [-0.2, -0.15) is 29.2 Å². The van der Waals surface area contributed by atoms with Crippen molar-refractivity contribution in [3.05, 3.63) is 118 Å². The number of fused-ring (bicyclic) bond motifs is 2. The van der Waals surface area contributed by atoms with Crippen molar-refractivity contribution in [3.63, 3.8) is 0 Å². The molecule has 18 heteroatoms. The third kappa shape index (κ3) is 7.22. The Bertz CT molecular complexity index is 2220. The highest BCUT2D eigenvalue weighted by atomic mass is 19.1. The molecule has 4 N–H and O–H groups in total. The van der Waals surface area contributed by atoms with Gasteiger partial charge in [0.25, 0.3) is 11.8 Å². The number of aromatic carboxylic acids is 2. The zero-order chi connectivity index (χ0) is 34.5.